The third-order valence-corrected chi connectivity index (χ3v) is 5.49. The summed E-state index contributed by atoms with van der Waals surface area (Å²) < 4.78 is 30.6. The van der Waals surface area contributed by atoms with Gasteiger partial charge in [-0.2, -0.15) is 0 Å². The monoisotopic (exact) mass is 415 g/mol. The van der Waals surface area contributed by atoms with Crippen LogP contribution in [0.3, 0.4) is 0 Å². The van der Waals surface area contributed by atoms with Crippen LogP contribution in [0.4, 0.5) is 5.69 Å². The van der Waals surface area contributed by atoms with Crippen LogP contribution in [0, 0.1) is 6.92 Å². The SMILES string of the molecule is CCOCCNc1c(S(C)(=O)=O)ccc(C(=O)c2c(C)[nH]n(C)c2=O)c1Cl. The van der Waals surface area contributed by atoms with Crippen molar-refractivity contribution in [1.29, 1.82) is 0 Å². The summed E-state index contributed by atoms with van der Waals surface area (Å²) in [4.78, 5) is 25.1. The Morgan fingerprint density at radius 3 is 2.56 bits per heavy atom. The minimum atomic E-state index is -3.59. The minimum absolute atomic E-state index is 0.0285. The van der Waals surface area contributed by atoms with Gasteiger partial charge in [-0.15, -0.1) is 0 Å². The first kappa shape index (κ1) is 21.2. The minimum Gasteiger partial charge on any atom is -0.380 e. The van der Waals surface area contributed by atoms with Crippen molar-refractivity contribution in [3.05, 3.63) is 44.3 Å². The Bertz CT molecular complexity index is 1020. The number of ether oxygens (including phenoxy) is 1. The van der Waals surface area contributed by atoms with Crippen LogP contribution in [0.25, 0.3) is 0 Å². The first-order chi connectivity index (χ1) is 12.6. The van der Waals surface area contributed by atoms with Crippen LogP contribution in [0.15, 0.2) is 21.8 Å². The molecule has 0 aliphatic heterocycles. The van der Waals surface area contributed by atoms with Crippen LogP contribution >= 0.6 is 11.6 Å². The van der Waals surface area contributed by atoms with Crippen LogP contribution in [-0.2, 0) is 21.6 Å². The van der Waals surface area contributed by atoms with Crippen molar-refractivity contribution in [3.8, 4) is 0 Å². The fraction of sp³-hybridized carbons (Fsp3) is 0.412. The van der Waals surface area contributed by atoms with E-state index in [9.17, 15) is 18.0 Å². The molecule has 0 unspecified atom stereocenters. The number of nitrogens with zero attached hydrogens (tertiary/aromatic N) is 1. The molecule has 0 amide bonds. The molecule has 0 spiro atoms. The molecule has 1 aromatic carbocycles. The fourth-order valence-electron chi connectivity index (χ4n) is 2.69. The zero-order valence-electron chi connectivity index (χ0n) is 15.6. The maximum atomic E-state index is 12.9. The molecule has 0 fully saturated rings. The van der Waals surface area contributed by atoms with Crippen molar-refractivity contribution < 1.29 is 17.9 Å². The zero-order valence-corrected chi connectivity index (χ0v) is 17.1. The van der Waals surface area contributed by atoms with Gasteiger partial charge < -0.3 is 10.1 Å². The largest absolute Gasteiger partial charge is 0.380 e. The number of H-pyrrole nitrogens is 1. The molecule has 27 heavy (non-hydrogen) atoms. The summed E-state index contributed by atoms with van der Waals surface area (Å²) in [7, 11) is -2.09. The van der Waals surface area contributed by atoms with Gasteiger partial charge in [0.2, 0.25) is 5.78 Å². The predicted octanol–water partition coefficient (Wildman–Crippen LogP) is 1.76. The first-order valence-electron chi connectivity index (χ1n) is 8.24. The molecule has 0 saturated heterocycles. The van der Waals surface area contributed by atoms with Crippen molar-refractivity contribution in [2.75, 3.05) is 31.3 Å². The zero-order chi connectivity index (χ0) is 20.4. The Morgan fingerprint density at radius 2 is 2.04 bits per heavy atom. The van der Waals surface area contributed by atoms with Crippen LogP contribution in [0.5, 0.6) is 0 Å². The second-order valence-electron chi connectivity index (χ2n) is 6.00. The van der Waals surface area contributed by atoms with Crippen LogP contribution in [0.1, 0.15) is 28.5 Å². The number of benzene rings is 1. The molecule has 0 aliphatic rings. The highest BCUT2D eigenvalue weighted by Gasteiger charge is 2.25. The van der Waals surface area contributed by atoms with Gasteiger partial charge in [-0.05, 0) is 26.0 Å². The number of aryl methyl sites for hydroxylation is 2. The fourth-order valence-corrected chi connectivity index (χ4v) is 3.92. The number of rotatable bonds is 8. The van der Waals surface area contributed by atoms with Crippen molar-refractivity contribution in [1.82, 2.24) is 9.78 Å². The summed E-state index contributed by atoms with van der Waals surface area (Å²) in [6.07, 6.45) is 1.06. The van der Waals surface area contributed by atoms with Crippen molar-refractivity contribution >= 4 is 32.9 Å². The van der Waals surface area contributed by atoms with Gasteiger partial charge in [-0.1, -0.05) is 11.6 Å². The molecule has 148 valence electrons. The number of ketones is 1. The molecule has 0 bridgehead atoms. The van der Waals surface area contributed by atoms with Gasteiger partial charge in [0, 0.05) is 37.7 Å². The van der Waals surface area contributed by atoms with Gasteiger partial charge in [0.15, 0.2) is 9.84 Å². The summed E-state index contributed by atoms with van der Waals surface area (Å²) in [6, 6.07) is 2.63. The lowest BCUT2D eigenvalue weighted by molar-refractivity contribution is 0.103. The molecule has 0 radical (unpaired) electrons. The Balaban J connectivity index is 2.55. The van der Waals surface area contributed by atoms with E-state index < -0.39 is 21.2 Å². The quantitative estimate of drug-likeness (QED) is 0.502. The van der Waals surface area contributed by atoms with E-state index in [1.54, 1.807) is 6.92 Å². The van der Waals surface area contributed by atoms with Gasteiger partial charge >= 0.3 is 0 Å². The van der Waals surface area contributed by atoms with Gasteiger partial charge in [-0.3, -0.25) is 19.4 Å². The van der Waals surface area contributed by atoms with Gasteiger partial charge in [0.05, 0.1) is 22.2 Å². The highest BCUT2D eigenvalue weighted by atomic mass is 35.5. The number of carbonyl (C=O) groups excluding carboxylic acids is 1. The normalized spacial score (nSPS) is 11.6. The molecule has 2 rings (SSSR count). The number of anilines is 1. The lowest BCUT2D eigenvalue weighted by atomic mass is 10.0. The van der Waals surface area contributed by atoms with Gasteiger partial charge in [0.1, 0.15) is 5.56 Å². The average molecular weight is 416 g/mol. The standard InChI is InChI=1S/C17H22ClN3O5S/c1-5-26-9-8-19-15-12(27(4,24)25)7-6-11(14(15)18)16(22)13-10(2)20-21(3)17(13)23/h6-7,19-20H,5,8-9H2,1-4H3. The molecule has 8 nitrogen and oxygen atoms in total. The van der Waals surface area contributed by atoms with E-state index in [1.807, 2.05) is 6.92 Å². The average Bonchev–Trinajstić information content (AvgIpc) is 2.83. The predicted molar refractivity (Wildman–Crippen MR) is 104 cm³/mol. The molecule has 1 heterocycles. The van der Waals surface area contributed by atoms with Crippen LogP contribution in [0.2, 0.25) is 5.02 Å². The Morgan fingerprint density at radius 1 is 1.37 bits per heavy atom. The summed E-state index contributed by atoms with van der Waals surface area (Å²) in [6.45, 7) is 4.61. The molecule has 10 heteroatoms. The number of hydrogen-bond donors (Lipinski definition) is 2. The number of hydrogen-bond acceptors (Lipinski definition) is 6. The summed E-state index contributed by atoms with van der Waals surface area (Å²) >= 11 is 6.38. The van der Waals surface area contributed by atoms with E-state index in [1.165, 1.54) is 23.9 Å². The third kappa shape index (κ3) is 4.42. The van der Waals surface area contributed by atoms with Crippen LogP contribution < -0.4 is 10.9 Å². The Hall–Kier alpha value is -2.10. The number of sulfone groups is 1. The summed E-state index contributed by atoms with van der Waals surface area (Å²) in [5.41, 5.74) is 0.0532. The molecule has 1 aromatic heterocycles. The van der Waals surface area contributed by atoms with E-state index in [4.69, 9.17) is 16.3 Å². The number of nitrogens with one attached hydrogen (secondary N) is 2. The first-order valence-corrected chi connectivity index (χ1v) is 10.5. The third-order valence-electron chi connectivity index (χ3n) is 3.96. The lowest BCUT2D eigenvalue weighted by Gasteiger charge is -2.15. The maximum Gasteiger partial charge on any atom is 0.277 e. The van der Waals surface area contributed by atoms with Crippen molar-refractivity contribution in [2.45, 2.75) is 18.7 Å². The Labute approximate surface area is 162 Å². The van der Waals surface area contributed by atoms with E-state index in [0.29, 0.717) is 25.5 Å². The molecule has 2 aromatic rings. The molecule has 0 atom stereocenters. The van der Waals surface area contributed by atoms with E-state index >= 15 is 0 Å². The van der Waals surface area contributed by atoms with Crippen LogP contribution in [-0.4, -0.2) is 50.0 Å². The molecule has 0 saturated carbocycles. The second kappa shape index (κ2) is 8.28. The van der Waals surface area contributed by atoms with E-state index in [-0.39, 0.29) is 26.7 Å². The number of aromatic nitrogens is 2. The number of halogens is 1. The molecule has 2 N–H and O–H groups in total. The summed E-state index contributed by atoms with van der Waals surface area (Å²) in [5, 5.41) is 5.63. The van der Waals surface area contributed by atoms with Gasteiger partial charge in [0.25, 0.3) is 5.56 Å². The topological polar surface area (TPSA) is 110 Å². The molecular formula is C17H22ClN3O5S. The lowest BCUT2D eigenvalue weighted by Crippen LogP contribution is -2.20. The Kier molecular flexibility index (Phi) is 6.50. The van der Waals surface area contributed by atoms with E-state index in [2.05, 4.69) is 10.4 Å². The molecular weight excluding hydrogens is 394 g/mol. The smallest absolute Gasteiger partial charge is 0.277 e. The highest BCUT2D eigenvalue weighted by molar-refractivity contribution is 7.90. The highest BCUT2D eigenvalue weighted by Crippen LogP contribution is 2.34. The summed E-state index contributed by atoms with van der Waals surface area (Å²) in [5.74, 6) is -0.577. The molecule has 0 aliphatic carbocycles. The van der Waals surface area contributed by atoms with Crippen molar-refractivity contribution in [3.63, 3.8) is 0 Å². The number of carbonyl (C=O) groups is 1. The maximum absolute atomic E-state index is 12.9. The number of aromatic amines is 1. The second-order valence-corrected chi connectivity index (χ2v) is 8.36. The van der Waals surface area contributed by atoms with Crippen molar-refractivity contribution in [2.24, 2.45) is 7.05 Å². The van der Waals surface area contributed by atoms with Gasteiger partial charge in [-0.25, -0.2) is 8.42 Å². The van der Waals surface area contributed by atoms with E-state index in [0.717, 1.165) is 6.26 Å².